The number of hydrogen-bond donors (Lipinski definition) is 0. The Balaban J connectivity index is 1.83. The van der Waals surface area contributed by atoms with Crippen LogP contribution in [0.2, 0.25) is 0 Å². The lowest BCUT2D eigenvalue weighted by atomic mass is 9.91. The van der Waals surface area contributed by atoms with E-state index in [-0.39, 0.29) is 0 Å². The number of nitrogens with zero attached hydrogens (tertiary/aromatic N) is 3. The summed E-state index contributed by atoms with van der Waals surface area (Å²) >= 11 is 0. The van der Waals surface area contributed by atoms with E-state index in [9.17, 15) is 0 Å². The molecule has 2 aromatic heterocycles. The van der Waals surface area contributed by atoms with Crippen molar-refractivity contribution in [1.29, 1.82) is 0 Å². The van der Waals surface area contributed by atoms with Gasteiger partial charge in [-0.05, 0) is 54.0 Å². The molecule has 3 heteroatoms. The molecule has 6 rings (SSSR count). The number of benzene rings is 4. The van der Waals surface area contributed by atoms with Gasteiger partial charge in [-0.15, -0.1) is 0 Å². The molecule has 0 spiro atoms. The monoisotopic (exact) mass is 485 g/mol. The van der Waals surface area contributed by atoms with Crippen LogP contribution in [0.3, 0.4) is 0 Å². The van der Waals surface area contributed by atoms with Crippen molar-refractivity contribution in [2.24, 2.45) is 18.9 Å². The maximum absolute atomic E-state index is 5.19. The third kappa shape index (κ3) is 3.94. The first-order valence-corrected chi connectivity index (χ1v) is 13.5. The van der Waals surface area contributed by atoms with Gasteiger partial charge in [0.25, 0.3) is 0 Å². The highest BCUT2D eigenvalue weighted by Crippen LogP contribution is 2.41. The lowest BCUT2D eigenvalue weighted by Crippen LogP contribution is -2.09. The van der Waals surface area contributed by atoms with Crippen molar-refractivity contribution in [3.8, 4) is 17.1 Å². The predicted molar refractivity (Wildman–Crippen MR) is 158 cm³/mol. The molecular formula is C34H35N3. The fraction of sp³-hybridized carbons (Fsp3) is 0.265. The number of aromatic nitrogens is 3. The van der Waals surface area contributed by atoms with Crippen molar-refractivity contribution in [3.05, 3.63) is 96.1 Å². The average molecular weight is 486 g/mol. The van der Waals surface area contributed by atoms with Gasteiger partial charge in [0.2, 0.25) is 0 Å². The molecular weight excluding hydrogens is 450 g/mol. The molecule has 0 aliphatic rings. The average Bonchev–Trinajstić information content (AvgIpc) is 3.41. The Morgan fingerprint density at radius 1 is 0.703 bits per heavy atom. The SMILES string of the molecule is CC(C)Cc1cc(CC(C)C)c2c3ccccc3n(C)c2c1-n1c(-c2ccccc2)nc2ccccc21. The molecule has 0 amide bonds. The summed E-state index contributed by atoms with van der Waals surface area (Å²) in [6, 6.07) is 30.6. The molecule has 186 valence electrons. The second kappa shape index (κ2) is 9.23. The highest BCUT2D eigenvalue weighted by Gasteiger charge is 2.25. The van der Waals surface area contributed by atoms with Gasteiger partial charge in [-0.3, -0.25) is 4.57 Å². The first-order valence-electron chi connectivity index (χ1n) is 13.5. The van der Waals surface area contributed by atoms with E-state index in [0.717, 1.165) is 35.3 Å². The van der Waals surface area contributed by atoms with Crippen LogP contribution < -0.4 is 0 Å². The van der Waals surface area contributed by atoms with Crippen molar-refractivity contribution >= 4 is 32.8 Å². The Hall–Kier alpha value is -3.85. The van der Waals surface area contributed by atoms with Gasteiger partial charge in [0.05, 0.1) is 22.2 Å². The number of hydrogen-bond acceptors (Lipinski definition) is 1. The van der Waals surface area contributed by atoms with Gasteiger partial charge in [0, 0.05) is 28.9 Å². The summed E-state index contributed by atoms with van der Waals surface area (Å²) in [6.07, 6.45) is 2.07. The molecule has 0 bridgehead atoms. The molecule has 37 heavy (non-hydrogen) atoms. The van der Waals surface area contributed by atoms with E-state index in [4.69, 9.17) is 4.98 Å². The molecule has 0 fully saturated rings. The second-order valence-corrected chi connectivity index (χ2v) is 11.2. The van der Waals surface area contributed by atoms with E-state index in [1.54, 1.807) is 0 Å². The molecule has 0 atom stereocenters. The van der Waals surface area contributed by atoms with Crippen LogP contribution in [0.5, 0.6) is 0 Å². The summed E-state index contributed by atoms with van der Waals surface area (Å²) < 4.78 is 4.85. The van der Waals surface area contributed by atoms with Crippen molar-refractivity contribution in [3.63, 3.8) is 0 Å². The fourth-order valence-electron chi connectivity index (χ4n) is 5.98. The van der Waals surface area contributed by atoms with Crippen molar-refractivity contribution < 1.29 is 0 Å². The smallest absolute Gasteiger partial charge is 0.145 e. The summed E-state index contributed by atoms with van der Waals surface area (Å²) in [5, 5.41) is 2.71. The second-order valence-electron chi connectivity index (χ2n) is 11.2. The maximum atomic E-state index is 5.19. The normalized spacial score (nSPS) is 12.1. The molecule has 2 heterocycles. The van der Waals surface area contributed by atoms with Crippen LogP contribution in [0, 0.1) is 11.8 Å². The Bertz CT molecular complexity index is 1730. The van der Waals surface area contributed by atoms with Crippen LogP contribution in [0.1, 0.15) is 38.8 Å². The molecule has 3 nitrogen and oxygen atoms in total. The van der Waals surface area contributed by atoms with E-state index in [1.165, 1.54) is 38.6 Å². The minimum Gasteiger partial charge on any atom is -0.342 e. The topological polar surface area (TPSA) is 22.8 Å². The molecule has 0 aliphatic heterocycles. The van der Waals surface area contributed by atoms with Gasteiger partial charge in [-0.1, -0.05) is 94.4 Å². The zero-order chi connectivity index (χ0) is 25.7. The molecule has 6 aromatic rings. The Morgan fingerprint density at radius 3 is 2.05 bits per heavy atom. The van der Waals surface area contributed by atoms with Crippen LogP contribution in [-0.4, -0.2) is 14.1 Å². The lowest BCUT2D eigenvalue weighted by Gasteiger charge is -2.21. The highest BCUT2D eigenvalue weighted by atomic mass is 15.1. The molecule has 4 aromatic carbocycles. The Morgan fingerprint density at radius 2 is 1.32 bits per heavy atom. The number of rotatable bonds is 6. The molecule has 0 aliphatic carbocycles. The largest absolute Gasteiger partial charge is 0.342 e. The first kappa shape index (κ1) is 23.5. The van der Waals surface area contributed by atoms with Gasteiger partial charge in [0.1, 0.15) is 5.82 Å². The van der Waals surface area contributed by atoms with Gasteiger partial charge in [-0.2, -0.15) is 0 Å². The van der Waals surface area contributed by atoms with E-state index >= 15 is 0 Å². The first-order chi connectivity index (χ1) is 17.9. The van der Waals surface area contributed by atoms with Crippen LogP contribution in [-0.2, 0) is 19.9 Å². The third-order valence-electron chi connectivity index (χ3n) is 7.38. The van der Waals surface area contributed by atoms with Crippen molar-refractivity contribution in [2.75, 3.05) is 0 Å². The molecule has 0 saturated carbocycles. The lowest BCUT2D eigenvalue weighted by molar-refractivity contribution is 0.637. The van der Waals surface area contributed by atoms with Gasteiger partial charge < -0.3 is 4.57 Å². The zero-order valence-corrected chi connectivity index (χ0v) is 22.5. The number of fused-ring (bicyclic) bond motifs is 4. The number of para-hydroxylation sites is 3. The van der Waals surface area contributed by atoms with Gasteiger partial charge in [0.15, 0.2) is 0 Å². The van der Waals surface area contributed by atoms with E-state index in [1.807, 2.05) is 0 Å². The summed E-state index contributed by atoms with van der Waals surface area (Å²) in [5.41, 5.74) is 9.99. The molecule has 0 unspecified atom stereocenters. The van der Waals surface area contributed by atoms with Crippen LogP contribution in [0.25, 0.3) is 49.9 Å². The molecule has 0 N–H and O–H groups in total. The van der Waals surface area contributed by atoms with Gasteiger partial charge in [-0.25, -0.2) is 4.98 Å². The standard InChI is InChI=1S/C34H35N3/c1-22(2)19-25-21-26(20-23(3)4)32(33-31(25)27-15-9-11-17-29(27)36(33)5)37-30-18-12-10-16-28(30)35-34(37)24-13-7-6-8-14-24/h6-18,21-23H,19-20H2,1-5H3. The molecule has 0 radical (unpaired) electrons. The minimum atomic E-state index is 0.535. The van der Waals surface area contributed by atoms with E-state index < -0.39 is 0 Å². The zero-order valence-electron chi connectivity index (χ0n) is 22.5. The number of aryl methyl sites for hydroxylation is 1. The van der Waals surface area contributed by atoms with Crippen molar-refractivity contribution in [1.82, 2.24) is 14.1 Å². The predicted octanol–water partition coefficient (Wildman–Crippen LogP) is 8.73. The summed E-state index contributed by atoms with van der Waals surface area (Å²) in [4.78, 5) is 5.19. The van der Waals surface area contributed by atoms with Crippen LogP contribution >= 0.6 is 0 Å². The summed E-state index contributed by atoms with van der Waals surface area (Å²) in [5.74, 6) is 2.11. The summed E-state index contributed by atoms with van der Waals surface area (Å²) in [6.45, 7) is 9.29. The molecule has 0 saturated heterocycles. The fourth-order valence-corrected chi connectivity index (χ4v) is 5.98. The Kier molecular flexibility index (Phi) is 5.87. The minimum absolute atomic E-state index is 0.535. The van der Waals surface area contributed by atoms with E-state index in [2.05, 4.69) is 129 Å². The van der Waals surface area contributed by atoms with Crippen molar-refractivity contribution in [2.45, 2.75) is 40.5 Å². The Labute approximate surface area is 219 Å². The van der Waals surface area contributed by atoms with Crippen LogP contribution in [0.15, 0.2) is 84.9 Å². The summed E-state index contributed by atoms with van der Waals surface area (Å²) in [7, 11) is 2.23. The van der Waals surface area contributed by atoms with E-state index in [0.29, 0.717) is 11.8 Å². The number of imidazole rings is 1. The third-order valence-corrected chi connectivity index (χ3v) is 7.38. The highest BCUT2D eigenvalue weighted by molar-refractivity contribution is 6.13. The maximum Gasteiger partial charge on any atom is 0.145 e. The van der Waals surface area contributed by atoms with Gasteiger partial charge >= 0.3 is 0 Å². The van der Waals surface area contributed by atoms with Crippen LogP contribution in [0.4, 0.5) is 0 Å². The quantitative estimate of drug-likeness (QED) is 0.231.